The van der Waals surface area contributed by atoms with E-state index in [0.29, 0.717) is 6.07 Å². The molecule has 2 rings (SSSR count). The second kappa shape index (κ2) is 8.86. The molecule has 0 saturated heterocycles. The van der Waals surface area contributed by atoms with Crippen LogP contribution in [0.15, 0.2) is 47.4 Å². The van der Waals surface area contributed by atoms with Crippen LogP contribution in [-0.2, 0) is 14.6 Å². The molecular weight excluding hydrogens is 400 g/mol. The number of halogens is 5. The number of hydrogen-bond acceptors (Lipinski definition) is 4. The van der Waals surface area contributed by atoms with Crippen molar-refractivity contribution in [3.63, 3.8) is 0 Å². The van der Waals surface area contributed by atoms with E-state index in [0.717, 1.165) is 11.8 Å². The highest BCUT2D eigenvalue weighted by molar-refractivity contribution is 7.92. The zero-order chi connectivity index (χ0) is 20.0. The summed E-state index contributed by atoms with van der Waals surface area (Å²) in [5.74, 6) is -0.200. The van der Waals surface area contributed by atoms with E-state index in [2.05, 4.69) is 5.32 Å². The smallest absolute Gasteiger partial charge is 0.388 e. The number of amides is 1. The third kappa shape index (κ3) is 5.60. The Morgan fingerprint density at radius 3 is 2.04 bits per heavy atom. The van der Waals surface area contributed by atoms with Crippen LogP contribution in [0.1, 0.15) is 0 Å². The second-order valence-electron chi connectivity index (χ2n) is 4.61. The molecule has 11 heteroatoms. The normalized spacial score (nSPS) is 11.2. The summed E-state index contributed by atoms with van der Waals surface area (Å²) in [7, 11) is -3.74. The van der Waals surface area contributed by atoms with Crippen molar-refractivity contribution in [1.82, 2.24) is 0 Å². The minimum absolute atomic E-state index is 0.104. The molecule has 2 N–H and O–H groups in total. The molecule has 5 nitrogen and oxygen atoms in total. The maximum Gasteiger partial charge on any atom is 0.501 e. The molecule has 0 aromatic heterocycles. The van der Waals surface area contributed by atoms with E-state index in [4.69, 9.17) is 11.6 Å². The van der Waals surface area contributed by atoms with Gasteiger partial charge in [-0.3, -0.25) is 4.79 Å². The number of alkyl halides is 3. The second-order valence-corrected chi connectivity index (χ2v) is 6.93. The fourth-order valence-electron chi connectivity index (χ4n) is 1.61. The van der Waals surface area contributed by atoms with Crippen molar-refractivity contribution in [3.8, 4) is 0 Å². The van der Waals surface area contributed by atoms with E-state index in [1.54, 1.807) is 19.2 Å². The predicted octanol–water partition coefficient (Wildman–Crippen LogP) is 4.07. The van der Waals surface area contributed by atoms with E-state index in [-0.39, 0.29) is 17.9 Å². The van der Waals surface area contributed by atoms with Crippen molar-refractivity contribution >= 4 is 39.2 Å². The van der Waals surface area contributed by atoms with Crippen molar-refractivity contribution in [2.24, 2.45) is 0 Å². The Morgan fingerprint density at radius 1 is 1.04 bits per heavy atom. The van der Waals surface area contributed by atoms with E-state index in [1.807, 2.05) is 5.32 Å². The van der Waals surface area contributed by atoms with E-state index < -0.39 is 25.3 Å². The summed E-state index contributed by atoms with van der Waals surface area (Å²) in [6, 6.07) is 8.99. The van der Waals surface area contributed by atoms with Gasteiger partial charge in [0.1, 0.15) is 5.82 Å². The summed E-state index contributed by atoms with van der Waals surface area (Å²) in [6.07, 6.45) is 0.202. The first-order valence-electron chi connectivity index (χ1n) is 6.77. The van der Waals surface area contributed by atoms with E-state index in [1.165, 1.54) is 18.2 Å². The number of sulfone groups is 1. The maximum absolute atomic E-state index is 12.3. The summed E-state index contributed by atoms with van der Waals surface area (Å²) in [6.45, 7) is 0. The number of benzene rings is 2. The van der Waals surface area contributed by atoms with Crippen molar-refractivity contribution in [2.75, 3.05) is 17.7 Å². The summed E-state index contributed by atoms with van der Waals surface area (Å²) in [5.41, 5.74) is -4.63. The van der Waals surface area contributed by atoms with Crippen LogP contribution in [0.5, 0.6) is 0 Å². The van der Waals surface area contributed by atoms with Crippen molar-refractivity contribution in [1.29, 1.82) is 0 Å². The Hall–Kier alpha value is -2.33. The van der Waals surface area contributed by atoms with E-state index >= 15 is 0 Å². The lowest BCUT2D eigenvalue weighted by molar-refractivity contribution is -0.105. The standard InChI is InChI=1S/C8H5ClF3NO3S.C7H8FN/c9-6-2-1-5(13-4-14)3-7(6)17(15,16)8(10,11)12;1-9-7-4-2-6(8)3-5-7/h1-4H,(H,13,14);2-5,9H,1H3. The lowest BCUT2D eigenvalue weighted by Crippen LogP contribution is -2.23. The third-order valence-corrected chi connectivity index (χ3v) is 4.85. The Balaban J connectivity index is 0.000000314. The lowest BCUT2D eigenvalue weighted by Gasteiger charge is -2.10. The Labute approximate surface area is 151 Å². The molecule has 2 aromatic carbocycles. The molecule has 0 atom stereocenters. The monoisotopic (exact) mass is 412 g/mol. The van der Waals surface area contributed by atoms with Crippen molar-refractivity contribution in [3.05, 3.63) is 53.3 Å². The molecular formula is C15H13ClF4N2O3S. The van der Waals surface area contributed by atoms with Gasteiger partial charge >= 0.3 is 5.51 Å². The highest BCUT2D eigenvalue weighted by Crippen LogP contribution is 2.35. The fourth-order valence-corrected chi connectivity index (χ4v) is 2.89. The van der Waals surface area contributed by atoms with Gasteiger partial charge in [0, 0.05) is 18.4 Å². The zero-order valence-corrected chi connectivity index (χ0v) is 14.7. The van der Waals surface area contributed by atoms with Crippen LogP contribution in [0.4, 0.5) is 28.9 Å². The first-order valence-corrected chi connectivity index (χ1v) is 8.63. The average molecular weight is 413 g/mol. The lowest BCUT2D eigenvalue weighted by atomic mass is 10.3. The van der Waals surface area contributed by atoms with Gasteiger partial charge in [-0.2, -0.15) is 13.2 Å². The summed E-state index contributed by atoms with van der Waals surface area (Å²) in [4.78, 5) is 9.00. The highest BCUT2D eigenvalue weighted by atomic mass is 35.5. The van der Waals surface area contributed by atoms with Gasteiger partial charge in [0.2, 0.25) is 6.41 Å². The molecule has 0 aliphatic heterocycles. The summed E-state index contributed by atoms with van der Waals surface area (Å²) in [5, 5.41) is 4.34. The van der Waals surface area contributed by atoms with Crippen LogP contribution in [0.3, 0.4) is 0 Å². The number of nitrogens with one attached hydrogen (secondary N) is 2. The maximum atomic E-state index is 12.3. The minimum atomic E-state index is -5.54. The van der Waals surface area contributed by atoms with Crippen molar-refractivity contribution in [2.45, 2.75) is 10.4 Å². The number of rotatable bonds is 4. The number of carbonyl (C=O) groups excluding carboxylic acids is 1. The van der Waals surface area contributed by atoms with Gasteiger partial charge < -0.3 is 10.6 Å². The molecule has 0 aliphatic carbocycles. The molecule has 0 radical (unpaired) electrons. The molecule has 0 saturated carbocycles. The van der Waals surface area contributed by atoms with E-state index in [9.17, 15) is 30.8 Å². The number of anilines is 2. The van der Waals surface area contributed by atoms with Gasteiger partial charge in [0.05, 0.1) is 9.92 Å². The van der Waals surface area contributed by atoms with Crippen LogP contribution in [0, 0.1) is 5.82 Å². The van der Waals surface area contributed by atoms with Crippen LogP contribution in [0.25, 0.3) is 0 Å². The van der Waals surface area contributed by atoms with Gasteiger partial charge in [0.15, 0.2) is 0 Å². The zero-order valence-electron chi connectivity index (χ0n) is 13.1. The Morgan fingerprint density at radius 2 is 1.58 bits per heavy atom. The molecule has 0 unspecified atom stereocenters. The average Bonchev–Trinajstić information content (AvgIpc) is 2.57. The molecule has 2 aromatic rings. The van der Waals surface area contributed by atoms with Gasteiger partial charge in [-0.15, -0.1) is 0 Å². The molecule has 1 amide bonds. The predicted molar refractivity (Wildman–Crippen MR) is 90.3 cm³/mol. The quantitative estimate of drug-likeness (QED) is 0.586. The summed E-state index contributed by atoms with van der Waals surface area (Å²) >= 11 is 5.39. The number of carbonyl (C=O) groups is 1. The highest BCUT2D eigenvalue weighted by Gasteiger charge is 2.47. The van der Waals surface area contributed by atoms with Crippen LogP contribution < -0.4 is 10.6 Å². The van der Waals surface area contributed by atoms with Crippen LogP contribution in [-0.4, -0.2) is 27.4 Å². The first-order chi connectivity index (χ1) is 12.0. The topological polar surface area (TPSA) is 75.3 Å². The van der Waals surface area contributed by atoms with Gasteiger partial charge in [0.25, 0.3) is 9.84 Å². The third-order valence-electron chi connectivity index (χ3n) is 2.88. The summed E-state index contributed by atoms with van der Waals surface area (Å²) < 4.78 is 71.2. The molecule has 142 valence electrons. The first kappa shape index (κ1) is 21.7. The fraction of sp³-hybridized carbons (Fsp3) is 0.133. The van der Waals surface area contributed by atoms with Crippen molar-refractivity contribution < 1.29 is 30.8 Å². The Bertz CT molecular complexity index is 856. The molecule has 26 heavy (non-hydrogen) atoms. The molecule has 0 bridgehead atoms. The van der Waals surface area contributed by atoms with Gasteiger partial charge in [-0.05, 0) is 42.5 Å². The van der Waals surface area contributed by atoms with Crippen LogP contribution in [0.2, 0.25) is 5.02 Å². The number of hydrogen-bond donors (Lipinski definition) is 2. The SMILES string of the molecule is CNc1ccc(F)cc1.O=CNc1ccc(Cl)c(S(=O)(=O)C(F)(F)F)c1. The van der Waals surface area contributed by atoms with Gasteiger partial charge in [-0.25, -0.2) is 12.8 Å². The minimum Gasteiger partial charge on any atom is -0.388 e. The molecule has 0 aliphatic rings. The van der Waals surface area contributed by atoms with Crippen LogP contribution >= 0.6 is 11.6 Å². The van der Waals surface area contributed by atoms with Gasteiger partial charge in [-0.1, -0.05) is 11.6 Å². The molecule has 0 spiro atoms. The largest absolute Gasteiger partial charge is 0.501 e. The molecule has 0 heterocycles. The molecule has 0 fully saturated rings. The Kier molecular flexibility index (Phi) is 7.40.